The van der Waals surface area contributed by atoms with Gasteiger partial charge in [-0.2, -0.15) is 5.21 Å². The maximum absolute atomic E-state index is 12.0. The number of aromatic amines is 1. The number of tetrazole rings is 1. The molecule has 0 fully saturated rings. The standard InChI is InChI=1S/C17H15N5O3/c1-11(23)14-4-2-12(3-5-14)9-22-7-6-13(10-22)8-15(24)16(25)17-18-20-21-19-17/h2-7,10H,8-9H2,1H3,(H,18,19,20,21). The lowest BCUT2D eigenvalue weighted by Crippen LogP contribution is -2.18. The van der Waals surface area contributed by atoms with E-state index in [1.165, 1.54) is 6.92 Å². The second kappa shape index (κ2) is 7.00. The molecule has 1 N–H and O–H groups in total. The third kappa shape index (κ3) is 3.92. The molecule has 0 bridgehead atoms. The summed E-state index contributed by atoms with van der Waals surface area (Å²) in [6.07, 6.45) is 3.62. The minimum absolute atomic E-state index is 0.0242. The van der Waals surface area contributed by atoms with Crippen molar-refractivity contribution in [3.63, 3.8) is 0 Å². The summed E-state index contributed by atoms with van der Waals surface area (Å²) < 4.78 is 1.91. The van der Waals surface area contributed by atoms with E-state index in [1.807, 2.05) is 22.9 Å². The number of H-pyrrole nitrogens is 1. The Bertz CT molecular complexity index is 910. The third-order valence-electron chi connectivity index (χ3n) is 3.70. The molecule has 0 amide bonds. The van der Waals surface area contributed by atoms with Crippen LogP contribution < -0.4 is 0 Å². The highest BCUT2D eigenvalue weighted by Crippen LogP contribution is 2.10. The van der Waals surface area contributed by atoms with E-state index in [-0.39, 0.29) is 18.0 Å². The summed E-state index contributed by atoms with van der Waals surface area (Å²) in [6, 6.07) is 9.14. The average molecular weight is 337 g/mol. The number of carbonyl (C=O) groups excluding carboxylic acids is 3. The van der Waals surface area contributed by atoms with E-state index in [9.17, 15) is 14.4 Å². The normalized spacial score (nSPS) is 10.6. The Morgan fingerprint density at radius 2 is 1.84 bits per heavy atom. The number of ketones is 3. The summed E-state index contributed by atoms with van der Waals surface area (Å²) in [6.45, 7) is 2.13. The molecule has 0 unspecified atom stereocenters. The molecule has 0 radical (unpaired) electrons. The number of hydrogen-bond acceptors (Lipinski definition) is 6. The minimum atomic E-state index is -0.763. The molecule has 3 rings (SSSR count). The van der Waals surface area contributed by atoms with Gasteiger partial charge in [0.05, 0.1) is 0 Å². The van der Waals surface area contributed by atoms with Gasteiger partial charge in [0.15, 0.2) is 5.78 Å². The Hall–Kier alpha value is -3.42. The van der Waals surface area contributed by atoms with Crippen molar-refractivity contribution in [3.05, 3.63) is 65.2 Å². The quantitative estimate of drug-likeness (QED) is 0.513. The van der Waals surface area contributed by atoms with Crippen molar-refractivity contribution in [1.82, 2.24) is 25.2 Å². The van der Waals surface area contributed by atoms with Crippen molar-refractivity contribution in [2.45, 2.75) is 19.9 Å². The molecule has 0 aliphatic heterocycles. The highest BCUT2D eigenvalue weighted by atomic mass is 16.2. The number of hydrogen-bond donors (Lipinski definition) is 1. The zero-order valence-electron chi connectivity index (χ0n) is 13.5. The van der Waals surface area contributed by atoms with Crippen LogP contribution in [0.15, 0.2) is 42.7 Å². The molecule has 25 heavy (non-hydrogen) atoms. The van der Waals surface area contributed by atoms with Crippen LogP contribution in [0.4, 0.5) is 0 Å². The predicted octanol–water partition coefficient (Wildman–Crippen LogP) is 1.25. The van der Waals surface area contributed by atoms with Gasteiger partial charge in [0.2, 0.25) is 11.6 Å². The second-order valence-corrected chi connectivity index (χ2v) is 5.61. The smallest absolute Gasteiger partial charge is 0.269 e. The van der Waals surface area contributed by atoms with Crippen LogP contribution >= 0.6 is 0 Å². The van der Waals surface area contributed by atoms with Crippen molar-refractivity contribution in [2.24, 2.45) is 0 Å². The van der Waals surface area contributed by atoms with Gasteiger partial charge in [-0.1, -0.05) is 24.3 Å². The molecular weight excluding hydrogens is 322 g/mol. The first-order valence-electron chi connectivity index (χ1n) is 7.58. The molecule has 0 atom stereocenters. The summed E-state index contributed by atoms with van der Waals surface area (Å²) >= 11 is 0. The number of aromatic nitrogens is 5. The molecule has 8 nitrogen and oxygen atoms in total. The molecular formula is C17H15N5O3. The number of rotatable bonds is 7. The van der Waals surface area contributed by atoms with Gasteiger partial charge in [-0.15, -0.1) is 10.2 Å². The van der Waals surface area contributed by atoms with Crippen LogP contribution in [0.5, 0.6) is 0 Å². The molecule has 0 saturated heterocycles. The molecule has 0 saturated carbocycles. The monoisotopic (exact) mass is 337 g/mol. The van der Waals surface area contributed by atoms with Gasteiger partial charge < -0.3 is 4.57 Å². The molecule has 0 aliphatic carbocycles. The van der Waals surface area contributed by atoms with Gasteiger partial charge in [-0.3, -0.25) is 14.4 Å². The highest BCUT2D eigenvalue weighted by Gasteiger charge is 2.20. The molecule has 0 aliphatic rings. The van der Waals surface area contributed by atoms with E-state index < -0.39 is 11.6 Å². The first-order chi connectivity index (χ1) is 12.0. The Labute approximate surface area is 142 Å². The topological polar surface area (TPSA) is 111 Å². The Morgan fingerprint density at radius 1 is 1.08 bits per heavy atom. The number of carbonyl (C=O) groups is 3. The molecule has 0 spiro atoms. The van der Waals surface area contributed by atoms with Gasteiger partial charge in [0.1, 0.15) is 0 Å². The van der Waals surface area contributed by atoms with Crippen LogP contribution in [0.3, 0.4) is 0 Å². The molecule has 1 aromatic carbocycles. The van der Waals surface area contributed by atoms with Crippen LogP contribution in [0, 0.1) is 0 Å². The van der Waals surface area contributed by atoms with E-state index in [4.69, 9.17) is 0 Å². The highest BCUT2D eigenvalue weighted by molar-refractivity contribution is 6.43. The van der Waals surface area contributed by atoms with Crippen LogP contribution in [0.2, 0.25) is 0 Å². The number of nitrogens with one attached hydrogen (secondary N) is 1. The van der Waals surface area contributed by atoms with Crippen LogP contribution in [-0.4, -0.2) is 42.5 Å². The largest absolute Gasteiger partial charge is 0.350 e. The second-order valence-electron chi connectivity index (χ2n) is 5.61. The molecule has 3 aromatic rings. The number of nitrogens with zero attached hydrogens (tertiary/aromatic N) is 4. The van der Waals surface area contributed by atoms with Gasteiger partial charge in [-0.05, 0) is 29.3 Å². The maximum Gasteiger partial charge on any atom is 0.269 e. The van der Waals surface area contributed by atoms with Gasteiger partial charge in [-0.25, -0.2) is 0 Å². The summed E-state index contributed by atoms with van der Waals surface area (Å²) in [5.74, 6) is -1.55. The fraction of sp³-hybridized carbons (Fsp3) is 0.176. The Morgan fingerprint density at radius 3 is 2.48 bits per heavy atom. The maximum atomic E-state index is 12.0. The number of benzene rings is 1. The lowest BCUT2D eigenvalue weighted by Gasteiger charge is -2.04. The van der Waals surface area contributed by atoms with E-state index in [2.05, 4.69) is 20.6 Å². The van der Waals surface area contributed by atoms with Gasteiger partial charge >= 0.3 is 0 Å². The van der Waals surface area contributed by atoms with E-state index >= 15 is 0 Å². The van der Waals surface area contributed by atoms with Crippen LogP contribution in [0.1, 0.15) is 39.0 Å². The lowest BCUT2D eigenvalue weighted by molar-refractivity contribution is -0.114. The van der Waals surface area contributed by atoms with Crippen LogP contribution in [0.25, 0.3) is 0 Å². The summed E-state index contributed by atoms with van der Waals surface area (Å²) in [5.41, 5.74) is 2.42. The molecule has 2 aromatic heterocycles. The Balaban J connectivity index is 1.63. The van der Waals surface area contributed by atoms with Crippen molar-refractivity contribution in [2.75, 3.05) is 0 Å². The predicted molar refractivity (Wildman–Crippen MR) is 87.2 cm³/mol. The minimum Gasteiger partial charge on any atom is -0.350 e. The van der Waals surface area contributed by atoms with Crippen molar-refractivity contribution >= 4 is 17.3 Å². The summed E-state index contributed by atoms with van der Waals surface area (Å²) in [4.78, 5) is 35.1. The van der Waals surface area contributed by atoms with Crippen molar-refractivity contribution in [3.8, 4) is 0 Å². The first-order valence-corrected chi connectivity index (χ1v) is 7.58. The van der Waals surface area contributed by atoms with E-state index in [1.54, 1.807) is 24.4 Å². The fourth-order valence-electron chi connectivity index (χ4n) is 2.40. The molecule has 126 valence electrons. The van der Waals surface area contributed by atoms with E-state index in [0.29, 0.717) is 12.1 Å². The fourth-order valence-corrected chi connectivity index (χ4v) is 2.40. The lowest BCUT2D eigenvalue weighted by atomic mass is 10.1. The van der Waals surface area contributed by atoms with Gasteiger partial charge in [0, 0.05) is 30.9 Å². The first kappa shape index (κ1) is 16.4. The van der Waals surface area contributed by atoms with Crippen LogP contribution in [-0.2, 0) is 17.8 Å². The van der Waals surface area contributed by atoms with Gasteiger partial charge in [0.25, 0.3) is 5.78 Å². The SMILES string of the molecule is CC(=O)c1ccc(Cn2ccc(CC(=O)C(=O)c3nn[nH]n3)c2)cc1. The van der Waals surface area contributed by atoms with Crippen molar-refractivity contribution < 1.29 is 14.4 Å². The third-order valence-corrected chi connectivity index (χ3v) is 3.70. The summed E-state index contributed by atoms with van der Waals surface area (Å²) in [5, 5.41) is 12.4. The molecule has 8 heteroatoms. The Kier molecular flexibility index (Phi) is 4.60. The average Bonchev–Trinajstić information content (AvgIpc) is 3.27. The zero-order chi connectivity index (χ0) is 17.8. The van der Waals surface area contributed by atoms with Crippen molar-refractivity contribution in [1.29, 1.82) is 0 Å². The zero-order valence-corrected chi connectivity index (χ0v) is 13.5. The number of Topliss-reactive ketones (excluding diaryl/α,β-unsaturated/α-hetero) is 3. The van der Waals surface area contributed by atoms with E-state index in [0.717, 1.165) is 11.1 Å². The summed E-state index contributed by atoms with van der Waals surface area (Å²) in [7, 11) is 0. The molecule has 2 heterocycles.